The van der Waals surface area contributed by atoms with Gasteiger partial charge in [0, 0.05) is 41.6 Å². The molecule has 0 bridgehead atoms. The lowest BCUT2D eigenvalue weighted by molar-refractivity contribution is -0.121. The van der Waals surface area contributed by atoms with Gasteiger partial charge in [-0.2, -0.15) is 11.8 Å². The van der Waals surface area contributed by atoms with E-state index in [1.165, 1.54) is 0 Å². The van der Waals surface area contributed by atoms with Crippen molar-refractivity contribution < 1.29 is 29.6 Å². The molecule has 3 amide bonds. The number of nitrogens with one attached hydrogen (secondary N) is 3. The number of hydrogen-bond donors (Lipinski definition) is 6. The molecule has 2 aliphatic rings. The topological polar surface area (TPSA) is 171 Å². The van der Waals surface area contributed by atoms with E-state index in [2.05, 4.69) is 26.3 Å². The van der Waals surface area contributed by atoms with Crippen LogP contribution in [0.15, 0.2) is 54.7 Å². The van der Waals surface area contributed by atoms with Gasteiger partial charge in [0.15, 0.2) is 11.5 Å². The molecule has 6 rings (SSSR count). The molecule has 3 aromatic carbocycles. The molecule has 2 aliphatic heterocycles. The molecule has 0 radical (unpaired) electrons. The number of thioether (sulfide) groups is 1. The molecule has 0 saturated carbocycles. The number of carbonyl (C=O) groups excluding carboxylic acids is 2. The first kappa shape index (κ1) is 36.9. The summed E-state index contributed by atoms with van der Waals surface area (Å²) in [5, 5.41) is 49.6. The smallest absolute Gasteiger partial charge is 0.315 e. The van der Waals surface area contributed by atoms with Crippen LogP contribution < -0.4 is 20.7 Å². The molecule has 4 aromatic rings. The Morgan fingerprint density at radius 2 is 1.58 bits per heavy atom. The lowest BCUT2D eigenvalue weighted by Gasteiger charge is -2.18. The van der Waals surface area contributed by atoms with E-state index < -0.39 is 0 Å². The summed E-state index contributed by atoms with van der Waals surface area (Å²) >= 11 is 1.91. The SMILES string of the molecule is Cc1c(C)c(-c2ccc(OCc3cn(CCCCCCNC(=O)CCCC[C@@H]4SC[C@@H]5NC(=O)N[C@@H]54)nn3)cc2)c(O)c(O)c1-c1ccc(O)cc1. The van der Waals surface area contributed by atoms with Crippen molar-refractivity contribution in [2.45, 2.75) is 95.7 Å². The molecule has 12 nitrogen and oxygen atoms in total. The van der Waals surface area contributed by atoms with E-state index in [4.69, 9.17) is 4.74 Å². The molecule has 6 N–H and O–H groups in total. The molecular weight excluding hydrogens is 681 g/mol. The summed E-state index contributed by atoms with van der Waals surface area (Å²) in [5.74, 6) is 1.45. The lowest BCUT2D eigenvalue weighted by Crippen LogP contribution is -2.36. The molecule has 2 saturated heterocycles. The largest absolute Gasteiger partial charge is 0.508 e. The highest BCUT2D eigenvalue weighted by Crippen LogP contribution is 2.48. The fourth-order valence-corrected chi connectivity index (χ4v) is 8.58. The highest BCUT2D eigenvalue weighted by Gasteiger charge is 2.42. The van der Waals surface area contributed by atoms with E-state index in [9.17, 15) is 24.9 Å². The number of nitrogens with zero attached hydrogens (tertiary/aromatic N) is 3. The predicted molar refractivity (Wildman–Crippen MR) is 202 cm³/mol. The van der Waals surface area contributed by atoms with E-state index in [0.717, 1.165) is 79.6 Å². The van der Waals surface area contributed by atoms with Crippen molar-refractivity contribution in [2.24, 2.45) is 0 Å². The molecule has 52 heavy (non-hydrogen) atoms. The van der Waals surface area contributed by atoms with Crippen LogP contribution >= 0.6 is 11.8 Å². The van der Waals surface area contributed by atoms with Gasteiger partial charge in [-0.15, -0.1) is 5.10 Å². The zero-order valence-corrected chi connectivity index (χ0v) is 30.5. The fourth-order valence-electron chi connectivity index (χ4n) is 7.03. The van der Waals surface area contributed by atoms with Gasteiger partial charge < -0.3 is 36.0 Å². The number of urea groups is 1. The van der Waals surface area contributed by atoms with Gasteiger partial charge in [0.1, 0.15) is 23.8 Å². The van der Waals surface area contributed by atoms with Crippen molar-refractivity contribution in [2.75, 3.05) is 12.3 Å². The third-order valence-corrected chi connectivity index (χ3v) is 11.5. The van der Waals surface area contributed by atoms with E-state index >= 15 is 0 Å². The average Bonchev–Trinajstić information content (AvgIpc) is 3.86. The van der Waals surface area contributed by atoms with Gasteiger partial charge in [-0.1, -0.05) is 48.7 Å². The van der Waals surface area contributed by atoms with Gasteiger partial charge in [0.2, 0.25) is 5.91 Å². The Hall–Kier alpha value is -4.91. The van der Waals surface area contributed by atoms with Crippen molar-refractivity contribution in [3.63, 3.8) is 0 Å². The zero-order chi connectivity index (χ0) is 36.6. The summed E-state index contributed by atoms with van der Waals surface area (Å²) in [6.07, 6.45) is 9.30. The maximum absolute atomic E-state index is 12.2. The highest BCUT2D eigenvalue weighted by atomic mass is 32.2. The Balaban J connectivity index is 0.859. The Morgan fingerprint density at radius 1 is 0.904 bits per heavy atom. The molecule has 0 spiro atoms. The number of aromatic hydroxyl groups is 3. The van der Waals surface area contributed by atoms with Crippen molar-refractivity contribution in [3.8, 4) is 45.3 Å². The number of unbranched alkanes of at least 4 members (excludes halogenated alkanes) is 4. The Labute approximate surface area is 308 Å². The van der Waals surface area contributed by atoms with Crippen LogP contribution in [0.2, 0.25) is 0 Å². The van der Waals surface area contributed by atoms with Crippen LogP contribution in [-0.2, 0) is 17.9 Å². The number of ether oxygens (including phenoxy) is 1. The van der Waals surface area contributed by atoms with Crippen molar-refractivity contribution in [1.82, 2.24) is 30.9 Å². The molecule has 0 aliphatic carbocycles. The quantitative estimate of drug-likeness (QED) is 0.0413. The van der Waals surface area contributed by atoms with Gasteiger partial charge in [-0.3, -0.25) is 9.48 Å². The number of fused-ring (bicyclic) bond motifs is 1. The number of rotatable bonds is 17. The lowest BCUT2D eigenvalue weighted by atomic mass is 9.89. The van der Waals surface area contributed by atoms with Crippen molar-refractivity contribution in [3.05, 3.63) is 71.5 Å². The summed E-state index contributed by atoms with van der Waals surface area (Å²) in [6.45, 7) is 5.53. The van der Waals surface area contributed by atoms with Crippen molar-refractivity contribution >= 4 is 23.7 Å². The van der Waals surface area contributed by atoms with E-state index in [1.807, 2.05) is 60.8 Å². The normalized spacial score (nSPS) is 17.8. The standard InChI is InChI=1S/C39H48N6O6S/c1-24-25(2)35(38(49)37(48)34(24)26-11-15-29(46)16-12-26)27-13-17-30(18-14-27)51-22-28-21-45(44-43-28)20-8-4-3-7-19-40-33(47)10-6-5-9-32-36-31(23-52-32)41-39(50)42-36/h11-18,21,31-32,36,46,48-49H,3-10,19-20,22-23H2,1-2H3,(H,40,47)(H2,41,42,50)/t31-,32-,36-/m0/s1. The van der Waals surface area contributed by atoms with E-state index in [0.29, 0.717) is 40.7 Å². The zero-order valence-electron chi connectivity index (χ0n) is 29.7. The molecular formula is C39H48N6O6S. The van der Waals surface area contributed by atoms with E-state index in [1.54, 1.807) is 24.3 Å². The minimum atomic E-state index is -0.202. The minimum absolute atomic E-state index is 0.0560. The summed E-state index contributed by atoms with van der Waals surface area (Å²) in [7, 11) is 0. The number of aromatic nitrogens is 3. The molecule has 0 unspecified atom stereocenters. The molecule has 3 atom stereocenters. The van der Waals surface area contributed by atoms with Crippen LogP contribution in [0.5, 0.6) is 23.0 Å². The Bertz CT molecular complexity index is 1820. The summed E-state index contributed by atoms with van der Waals surface area (Å²) in [6, 6.07) is 14.3. The first-order valence-electron chi connectivity index (χ1n) is 18.1. The number of phenols is 3. The predicted octanol–water partition coefficient (Wildman–Crippen LogP) is 6.33. The Morgan fingerprint density at radius 3 is 2.29 bits per heavy atom. The first-order chi connectivity index (χ1) is 25.2. The summed E-state index contributed by atoms with van der Waals surface area (Å²) in [4.78, 5) is 23.8. The van der Waals surface area contributed by atoms with Gasteiger partial charge in [0.25, 0.3) is 0 Å². The van der Waals surface area contributed by atoms with Crippen LogP contribution in [0.3, 0.4) is 0 Å². The second kappa shape index (κ2) is 17.1. The van der Waals surface area contributed by atoms with Crippen LogP contribution in [0.4, 0.5) is 4.79 Å². The number of benzene rings is 3. The van der Waals surface area contributed by atoms with Crippen LogP contribution in [0.1, 0.15) is 68.2 Å². The van der Waals surface area contributed by atoms with Gasteiger partial charge >= 0.3 is 6.03 Å². The maximum Gasteiger partial charge on any atom is 0.315 e. The monoisotopic (exact) mass is 728 g/mol. The van der Waals surface area contributed by atoms with Crippen LogP contribution in [0, 0.1) is 13.8 Å². The number of aryl methyl sites for hydroxylation is 1. The highest BCUT2D eigenvalue weighted by molar-refractivity contribution is 8.00. The van der Waals surface area contributed by atoms with Crippen molar-refractivity contribution in [1.29, 1.82) is 0 Å². The van der Waals surface area contributed by atoms with E-state index in [-0.39, 0.29) is 47.9 Å². The third kappa shape index (κ3) is 8.93. The molecule has 276 valence electrons. The second-order valence-electron chi connectivity index (χ2n) is 13.7. The second-order valence-corrected chi connectivity index (χ2v) is 14.9. The van der Waals surface area contributed by atoms with Gasteiger partial charge in [-0.05, 0) is 86.1 Å². The summed E-state index contributed by atoms with van der Waals surface area (Å²) < 4.78 is 7.78. The third-order valence-electron chi connectivity index (χ3n) is 10.00. The number of amides is 3. The molecule has 3 heterocycles. The number of hydrogen-bond acceptors (Lipinski definition) is 9. The molecule has 13 heteroatoms. The number of carbonyl (C=O) groups is 2. The van der Waals surface area contributed by atoms with Gasteiger partial charge in [-0.25, -0.2) is 4.79 Å². The molecule has 1 aromatic heterocycles. The maximum atomic E-state index is 12.2. The van der Waals surface area contributed by atoms with Crippen LogP contribution in [-0.4, -0.2) is 71.9 Å². The summed E-state index contributed by atoms with van der Waals surface area (Å²) in [5.41, 5.74) is 4.92. The Kier molecular flexibility index (Phi) is 12.1. The molecule has 2 fully saturated rings. The number of phenolic OH excluding ortho intramolecular Hbond substituents is 3. The minimum Gasteiger partial charge on any atom is -0.508 e. The van der Waals surface area contributed by atoms with Crippen LogP contribution in [0.25, 0.3) is 22.3 Å². The van der Waals surface area contributed by atoms with Gasteiger partial charge in [0.05, 0.1) is 18.3 Å². The average molecular weight is 729 g/mol. The first-order valence-corrected chi connectivity index (χ1v) is 19.1. The fraction of sp³-hybridized carbons (Fsp3) is 0.436.